The summed E-state index contributed by atoms with van der Waals surface area (Å²) < 4.78 is 0. The summed E-state index contributed by atoms with van der Waals surface area (Å²) in [5, 5.41) is 15.4. The Balaban J connectivity index is 1.90. The molecule has 21 heavy (non-hydrogen) atoms. The molecule has 0 heterocycles. The van der Waals surface area contributed by atoms with Crippen molar-refractivity contribution < 1.29 is 9.90 Å². The van der Waals surface area contributed by atoms with Crippen LogP contribution in [0.2, 0.25) is 0 Å². The first-order chi connectivity index (χ1) is 10.0. The van der Waals surface area contributed by atoms with Crippen LogP contribution in [-0.2, 0) is 11.3 Å². The largest absolute Gasteiger partial charge is 0.508 e. The van der Waals surface area contributed by atoms with Gasteiger partial charge in [-0.25, -0.2) is 0 Å². The molecule has 2 rings (SSSR count). The predicted octanol–water partition coefficient (Wildman–Crippen LogP) is 3.60. The Hall–Kier alpha value is -2.49. The molecule has 110 valence electrons. The molecular weight excluding hydrogens is 264 g/mol. The summed E-state index contributed by atoms with van der Waals surface area (Å²) in [6.45, 7) is 4.41. The highest BCUT2D eigenvalue weighted by Gasteiger charge is 2.06. The molecule has 0 fully saturated rings. The van der Waals surface area contributed by atoms with E-state index in [9.17, 15) is 9.90 Å². The molecule has 0 atom stereocenters. The molecule has 0 bridgehead atoms. The van der Waals surface area contributed by atoms with Crippen LogP contribution in [0.1, 0.15) is 19.4 Å². The summed E-state index contributed by atoms with van der Waals surface area (Å²) in [4.78, 5) is 11.6. The number of carbonyl (C=O) groups is 1. The van der Waals surface area contributed by atoms with E-state index in [-0.39, 0.29) is 17.6 Å². The Morgan fingerprint density at radius 3 is 2.14 bits per heavy atom. The predicted molar refractivity (Wildman–Crippen MR) is 85.3 cm³/mol. The average Bonchev–Trinajstić information content (AvgIpc) is 2.48. The molecule has 0 aromatic heterocycles. The molecule has 0 aliphatic rings. The molecule has 2 aromatic rings. The fraction of sp³-hybridized carbons (Fsp3) is 0.235. The van der Waals surface area contributed by atoms with E-state index in [4.69, 9.17) is 0 Å². The van der Waals surface area contributed by atoms with Gasteiger partial charge in [-0.3, -0.25) is 4.79 Å². The first kappa shape index (κ1) is 14.9. The highest BCUT2D eigenvalue weighted by molar-refractivity contribution is 5.92. The second-order valence-electron chi connectivity index (χ2n) is 5.24. The van der Waals surface area contributed by atoms with Gasteiger partial charge >= 0.3 is 0 Å². The SMILES string of the molecule is CC(C)C(=O)Nc1ccc(NCc2ccc(O)cc2)cc1. The van der Waals surface area contributed by atoms with Gasteiger partial charge in [-0.1, -0.05) is 26.0 Å². The summed E-state index contributed by atoms with van der Waals surface area (Å²) >= 11 is 0. The zero-order valence-corrected chi connectivity index (χ0v) is 12.3. The number of phenols is 1. The van der Waals surface area contributed by atoms with Crippen LogP contribution in [0.4, 0.5) is 11.4 Å². The number of carbonyl (C=O) groups excluding carboxylic acids is 1. The lowest BCUT2D eigenvalue weighted by atomic mass is 10.2. The minimum Gasteiger partial charge on any atom is -0.508 e. The van der Waals surface area contributed by atoms with Crippen molar-refractivity contribution in [1.82, 2.24) is 0 Å². The van der Waals surface area contributed by atoms with Crippen molar-refractivity contribution in [3.05, 3.63) is 54.1 Å². The standard InChI is InChI=1S/C17H20N2O2/c1-12(2)17(21)19-15-7-5-14(6-8-15)18-11-13-3-9-16(20)10-4-13/h3-10,12,18,20H,11H2,1-2H3,(H,19,21). The quantitative estimate of drug-likeness (QED) is 0.786. The van der Waals surface area contributed by atoms with Crippen molar-refractivity contribution in [2.75, 3.05) is 10.6 Å². The lowest BCUT2D eigenvalue weighted by molar-refractivity contribution is -0.118. The van der Waals surface area contributed by atoms with E-state index in [1.54, 1.807) is 12.1 Å². The van der Waals surface area contributed by atoms with Gasteiger partial charge in [-0.05, 0) is 42.0 Å². The number of rotatable bonds is 5. The van der Waals surface area contributed by atoms with Crippen molar-refractivity contribution >= 4 is 17.3 Å². The maximum absolute atomic E-state index is 11.6. The normalized spacial score (nSPS) is 10.4. The van der Waals surface area contributed by atoms with Crippen LogP contribution in [-0.4, -0.2) is 11.0 Å². The molecule has 0 saturated heterocycles. The number of anilines is 2. The van der Waals surface area contributed by atoms with Gasteiger partial charge in [0.25, 0.3) is 0 Å². The number of aromatic hydroxyl groups is 1. The first-order valence-corrected chi connectivity index (χ1v) is 6.97. The van der Waals surface area contributed by atoms with Crippen LogP contribution in [0.3, 0.4) is 0 Å². The summed E-state index contributed by atoms with van der Waals surface area (Å²) in [5.41, 5.74) is 2.86. The number of hydrogen-bond donors (Lipinski definition) is 3. The molecule has 0 spiro atoms. The monoisotopic (exact) mass is 284 g/mol. The Morgan fingerprint density at radius 2 is 1.57 bits per heavy atom. The second kappa shape index (κ2) is 6.79. The van der Waals surface area contributed by atoms with E-state index in [1.165, 1.54) is 0 Å². The summed E-state index contributed by atoms with van der Waals surface area (Å²) in [6, 6.07) is 14.7. The van der Waals surface area contributed by atoms with Gasteiger partial charge in [0.2, 0.25) is 5.91 Å². The second-order valence-corrected chi connectivity index (χ2v) is 5.24. The van der Waals surface area contributed by atoms with Crippen molar-refractivity contribution in [3.63, 3.8) is 0 Å². The molecule has 1 amide bonds. The van der Waals surface area contributed by atoms with Crippen molar-refractivity contribution in [2.24, 2.45) is 5.92 Å². The number of amides is 1. The summed E-state index contributed by atoms with van der Waals surface area (Å²) in [5.74, 6) is 0.251. The minimum atomic E-state index is -0.0303. The van der Waals surface area contributed by atoms with Crippen molar-refractivity contribution in [2.45, 2.75) is 20.4 Å². The van der Waals surface area contributed by atoms with E-state index in [1.807, 2.05) is 50.2 Å². The van der Waals surface area contributed by atoms with Gasteiger partial charge in [-0.15, -0.1) is 0 Å². The number of benzene rings is 2. The average molecular weight is 284 g/mol. The van der Waals surface area contributed by atoms with Gasteiger partial charge in [0.1, 0.15) is 5.75 Å². The van der Waals surface area contributed by atoms with Crippen LogP contribution < -0.4 is 10.6 Å². The Morgan fingerprint density at radius 1 is 1.00 bits per heavy atom. The molecule has 0 unspecified atom stereocenters. The third-order valence-electron chi connectivity index (χ3n) is 3.11. The third kappa shape index (κ3) is 4.53. The lowest BCUT2D eigenvalue weighted by Gasteiger charge is -2.10. The Kier molecular flexibility index (Phi) is 4.82. The highest BCUT2D eigenvalue weighted by atomic mass is 16.3. The molecule has 3 N–H and O–H groups in total. The zero-order valence-electron chi connectivity index (χ0n) is 12.3. The number of hydrogen-bond acceptors (Lipinski definition) is 3. The van der Waals surface area contributed by atoms with Gasteiger partial charge in [0, 0.05) is 23.8 Å². The van der Waals surface area contributed by atoms with Crippen molar-refractivity contribution in [1.29, 1.82) is 0 Å². The first-order valence-electron chi connectivity index (χ1n) is 6.97. The van der Waals surface area contributed by atoms with Crippen molar-refractivity contribution in [3.8, 4) is 5.75 Å². The lowest BCUT2D eigenvalue weighted by Crippen LogP contribution is -2.17. The number of nitrogens with one attached hydrogen (secondary N) is 2. The van der Waals surface area contributed by atoms with E-state index >= 15 is 0 Å². The van der Waals surface area contributed by atoms with Crippen LogP contribution in [0.25, 0.3) is 0 Å². The molecular formula is C17H20N2O2. The molecule has 0 aliphatic heterocycles. The molecule has 0 saturated carbocycles. The number of phenolic OH excluding ortho intramolecular Hbond substituents is 1. The molecule has 2 aromatic carbocycles. The smallest absolute Gasteiger partial charge is 0.226 e. The topological polar surface area (TPSA) is 61.4 Å². The minimum absolute atomic E-state index is 0.0137. The third-order valence-corrected chi connectivity index (χ3v) is 3.11. The summed E-state index contributed by atoms with van der Waals surface area (Å²) in [6.07, 6.45) is 0. The molecule has 0 radical (unpaired) electrons. The fourth-order valence-electron chi connectivity index (χ4n) is 1.78. The van der Waals surface area contributed by atoms with E-state index in [0.29, 0.717) is 6.54 Å². The maximum Gasteiger partial charge on any atom is 0.226 e. The van der Waals surface area contributed by atoms with Gasteiger partial charge in [0.05, 0.1) is 0 Å². The van der Waals surface area contributed by atoms with Gasteiger partial charge in [0.15, 0.2) is 0 Å². The maximum atomic E-state index is 11.6. The van der Waals surface area contributed by atoms with Crippen LogP contribution >= 0.6 is 0 Å². The van der Waals surface area contributed by atoms with E-state index in [0.717, 1.165) is 16.9 Å². The van der Waals surface area contributed by atoms with Gasteiger partial charge in [-0.2, -0.15) is 0 Å². The van der Waals surface area contributed by atoms with E-state index in [2.05, 4.69) is 10.6 Å². The molecule has 0 aliphatic carbocycles. The van der Waals surface area contributed by atoms with E-state index < -0.39 is 0 Å². The Labute approximate surface area is 124 Å². The summed E-state index contributed by atoms with van der Waals surface area (Å²) in [7, 11) is 0. The van der Waals surface area contributed by atoms with Gasteiger partial charge < -0.3 is 15.7 Å². The fourth-order valence-corrected chi connectivity index (χ4v) is 1.78. The molecule has 4 heteroatoms. The van der Waals surface area contributed by atoms with Crippen LogP contribution in [0.15, 0.2) is 48.5 Å². The van der Waals surface area contributed by atoms with Crippen LogP contribution in [0.5, 0.6) is 5.75 Å². The molecule has 4 nitrogen and oxygen atoms in total. The highest BCUT2D eigenvalue weighted by Crippen LogP contribution is 2.16. The zero-order chi connectivity index (χ0) is 15.2. The Bertz CT molecular complexity index is 589. The van der Waals surface area contributed by atoms with Crippen LogP contribution in [0, 0.1) is 5.92 Å².